The average molecular weight is 300 g/mol. The maximum absolute atomic E-state index is 12.7. The molecule has 2 aromatic rings. The third-order valence-electron chi connectivity index (χ3n) is 3.34. The van der Waals surface area contributed by atoms with Crippen molar-refractivity contribution in [1.82, 2.24) is 9.55 Å². The van der Waals surface area contributed by atoms with Crippen molar-refractivity contribution in [2.75, 3.05) is 0 Å². The van der Waals surface area contributed by atoms with E-state index >= 15 is 0 Å². The van der Waals surface area contributed by atoms with Crippen LogP contribution in [0, 0.1) is 0 Å². The van der Waals surface area contributed by atoms with E-state index in [1.54, 1.807) is 11.6 Å². The van der Waals surface area contributed by atoms with Crippen molar-refractivity contribution in [2.45, 2.75) is 31.9 Å². The fourth-order valence-electron chi connectivity index (χ4n) is 2.21. The Morgan fingerprint density at radius 1 is 1.33 bits per heavy atom. The second kappa shape index (κ2) is 5.75. The number of hydrogen-bond donors (Lipinski definition) is 1. The molecule has 2 rings (SSSR count). The molecule has 0 radical (unpaired) electrons. The van der Waals surface area contributed by atoms with Gasteiger partial charge in [-0.15, -0.1) is 0 Å². The first-order valence-electron chi connectivity index (χ1n) is 6.53. The van der Waals surface area contributed by atoms with E-state index in [1.165, 1.54) is 6.07 Å². The second-order valence-corrected chi connectivity index (χ2v) is 4.89. The summed E-state index contributed by atoms with van der Waals surface area (Å²) < 4.78 is 39.7. The number of aromatic nitrogens is 2. The molecular weight excluding hydrogens is 285 g/mol. The Morgan fingerprint density at radius 3 is 2.67 bits per heavy atom. The van der Waals surface area contributed by atoms with E-state index in [-0.39, 0.29) is 6.42 Å². The van der Waals surface area contributed by atoms with Gasteiger partial charge >= 0.3 is 12.1 Å². The van der Waals surface area contributed by atoms with Gasteiger partial charge in [-0.3, -0.25) is 4.79 Å². The van der Waals surface area contributed by atoms with E-state index in [0.717, 1.165) is 12.1 Å². The Hall–Kier alpha value is -2.05. The molecule has 0 saturated carbocycles. The summed E-state index contributed by atoms with van der Waals surface area (Å²) in [6.45, 7) is 0. The Labute approximate surface area is 119 Å². The molecule has 0 saturated heterocycles. The Morgan fingerprint density at radius 2 is 2.05 bits per heavy atom. The minimum Gasteiger partial charge on any atom is -0.481 e. The van der Waals surface area contributed by atoms with Crippen LogP contribution in [0.2, 0.25) is 0 Å². The third-order valence-corrected chi connectivity index (χ3v) is 3.34. The number of carboxylic acid groups (broad SMARTS) is 1. The van der Waals surface area contributed by atoms with Gasteiger partial charge in [0.1, 0.15) is 5.82 Å². The lowest BCUT2D eigenvalue weighted by Crippen LogP contribution is -2.04. The highest BCUT2D eigenvalue weighted by atomic mass is 19.4. The maximum atomic E-state index is 12.7. The zero-order valence-electron chi connectivity index (χ0n) is 11.4. The Balaban J connectivity index is 2.18. The third kappa shape index (κ3) is 3.53. The number of halogens is 3. The molecule has 1 aromatic carbocycles. The van der Waals surface area contributed by atoms with Gasteiger partial charge in [0, 0.05) is 19.9 Å². The van der Waals surface area contributed by atoms with Crippen molar-refractivity contribution >= 4 is 17.0 Å². The summed E-state index contributed by atoms with van der Waals surface area (Å²) in [6.07, 6.45) is -2.60. The molecule has 114 valence electrons. The molecule has 0 bridgehead atoms. The first-order chi connectivity index (χ1) is 9.79. The highest BCUT2D eigenvalue weighted by molar-refractivity contribution is 5.77. The Kier molecular flexibility index (Phi) is 4.20. The lowest BCUT2D eigenvalue weighted by atomic mass is 10.2. The number of aryl methyl sites for hydroxylation is 2. The number of rotatable bonds is 5. The number of hydrogen-bond acceptors (Lipinski definition) is 2. The summed E-state index contributed by atoms with van der Waals surface area (Å²) >= 11 is 0. The monoisotopic (exact) mass is 300 g/mol. The van der Waals surface area contributed by atoms with Crippen LogP contribution >= 0.6 is 0 Å². The topological polar surface area (TPSA) is 55.1 Å². The smallest absolute Gasteiger partial charge is 0.416 e. The van der Waals surface area contributed by atoms with E-state index < -0.39 is 17.7 Å². The predicted octanol–water partition coefficient (Wildman–Crippen LogP) is 3.39. The minimum atomic E-state index is -4.38. The fourth-order valence-corrected chi connectivity index (χ4v) is 2.21. The molecule has 1 aromatic heterocycles. The summed E-state index contributed by atoms with van der Waals surface area (Å²) in [5.41, 5.74) is 0.224. The lowest BCUT2D eigenvalue weighted by molar-refractivity contribution is -0.138. The number of unbranched alkanes of at least 4 members (excludes halogenated alkanes) is 1. The quantitative estimate of drug-likeness (QED) is 0.861. The molecule has 0 amide bonds. The highest BCUT2D eigenvalue weighted by Crippen LogP contribution is 2.31. The van der Waals surface area contributed by atoms with Gasteiger partial charge in [0.05, 0.1) is 16.6 Å². The van der Waals surface area contributed by atoms with Crippen LogP contribution in [0.3, 0.4) is 0 Å². The standard InChI is InChI=1S/C14H15F3N2O2/c1-19-11-7-6-9(14(15,16)17)8-10(11)18-12(19)4-2-3-5-13(20)21/h6-8H,2-5H2,1H3,(H,20,21). The van der Waals surface area contributed by atoms with Gasteiger partial charge in [0.2, 0.25) is 0 Å². The van der Waals surface area contributed by atoms with Gasteiger partial charge in [-0.1, -0.05) is 0 Å². The second-order valence-electron chi connectivity index (χ2n) is 4.89. The van der Waals surface area contributed by atoms with Gasteiger partial charge in [0.15, 0.2) is 0 Å². The van der Waals surface area contributed by atoms with Crippen molar-refractivity contribution < 1.29 is 23.1 Å². The molecule has 0 aliphatic rings. The van der Waals surface area contributed by atoms with Gasteiger partial charge in [-0.25, -0.2) is 4.98 Å². The summed E-state index contributed by atoms with van der Waals surface area (Å²) in [6, 6.07) is 3.49. The van der Waals surface area contributed by atoms with Crippen molar-refractivity contribution in [3.05, 3.63) is 29.6 Å². The van der Waals surface area contributed by atoms with E-state index in [9.17, 15) is 18.0 Å². The number of carboxylic acids is 1. The van der Waals surface area contributed by atoms with Crippen molar-refractivity contribution in [3.63, 3.8) is 0 Å². The zero-order chi connectivity index (χ0) is 15.6. The summed E-state index contributed by atoms with van der Waals surface area (Å²) in [7, 11) is 1.75. The van der Waals surface area contributed by atoms with E-state index in [4.69, 9.17) is 5.11 Å². The van der Waals surface area contributed by atoms with Crippen LogP contribution in [0.25, 0.3) is 11.0 Å². The molecule has 4 nitrogen and oxygen atoms in total. The van der Waals surface area contributed by atoms with Crippen LogP contribution in [0.5, 0.6) is 0 Å². The van der Waals surface area contributed by atoms with Crippen LogP contribution in [-0.4, -0.2) is 20.6 Å². The number of fused-ring (bicyclic) bond motifs is 1. The number of alkyl halides is 3. The van der Waals surface area contributed by atoms with Gasteiger partial charge in [0.25, 0.3) is 0 Å². The fraction of sp³-hybridized carbons (Fsp3) is 0.429. The van der Waals surface area contributed by atoms with Crippen molar-refractivity contribution in [1.29, 1.82) is 0 Å². The number of carbonyl (C=O) groups is 1. The van der Waals surface area contributed by atoms with Crippen molar-refractivity contribution in [2.24, 2.45) is 7.05 Å². The molecule has 0 aliphatic heterocycles. The number of benzene rings is 1. The first kappa shape index (κ1) is 15.3. The molecule has 1 N–H and O–H groups in total. The predicted molar refractivity (Wildman–Crippen MR) is 70.9 cm³/mol. The molecule has 0 unspecified atom stereocenters. The molecule has 0 atom stereocenters. The van der Waals surface area contributed by atoms with Crippen LogP contribution in [-0.2, 0) is 24.4 Å². The normalized spacial score (nSPS) is 12.0. The molecule has 0 fully saturated rings. The highest BCUT2D eigenvalue weighted by Gasteiger charge is 2.30. The summed E-state index contributed by atoms with van der Waals surface area (Å²) in [5.74, 6) is -0.190. The minimum absolute atomic E-state index is 0.0855. The Bertz CT molecular complexity index is 662. The first-order valence-corrected chi connectivity index (χ1v) is 6.53. The molecule has 0 aliphatic carbocycles. The summed E-state index contributed by atoms with van der Waals surface area (Å²) in [5, 5.41) is 8.56. The van der Waals surface area contributed by atoms with Crippen molar-refractivity contribution in [3.8, 4) is 0 Å². The number of aliphatic carboxylic acids is 1. The number of imidazole rings is 1. The van der Waals surface area contributed by atoms with E-state index in [0.29, 0.717) is 36.1 Å². The lowest BCUT2D eigenvalue weighted by Gasteiger charge is -2.05. The van der Waals surface area contributed by atoms with Gasteiger partial charge in [-0.05, 0) is 31.0 Å². The average Bonchev–Trinajstić information content (AvgIpc) is 2.70. The molecule has 21 heavy (non-hydrogen) atoms. The van der Waals surface area contributed by atoms with Gasteiger partial charge in [-0.2, -0.15) is 13.2 Å². The molecule has 1 heterocycles. The van der Waals surface area contributed by atoms with Crippen LogP contribution in [0.1, 0.15) is 30.7 Å². The number of nitrogens with zero attached hydrogens (tertiary/aromatic N) is 2. The largest absolute Gasteiger partial charge is 0.481 e. The SMILES string of the molecule is Cn1c(CCCCC(=O)O)nc2cc(C(F)(F)F)ccc21. The summed E-state index contributed by atoms with van der Waals surface area (Å²) in [4.78, 5) is 14.6. The van der Waals surface area contributed by atoms with Crippen LogP contribution in [0.15, 0.2) is 18.2 Å². The molecule has 7 heteroatoms. The maximum Gasteiger partial charge on any atom is 0.416 e. The van der Waals surface area contributed by atoms with Gasteiger partial charge < -0.3 is 9.67 Å². The molecular formula is C14H15F3N2O2. The van der Waals surface area contributed by atoms with E-state index in [1.807, 2.05) is 0 Å². The van der Waals surface area contributed by atoms with E-state index in [2.05, 4.69) is 4.98 Å². The molecule has 0 spiro atoms. The van der Waals surface area contributed by atoms with Crippen LogP contribution < -0.4 is 0 Å². The zero-order valence-corrected chi connectivity index (χ0v) is 11.4. The van der Waals surface area contributed by atoms with Crippen LogP contribution in [0.4, 0.5) is 13.2 Å².